The Morgan fingerprint density at radius 3 is 2.31 bits per heavy atom. The summed E-state index contributed by atoms with van der Waals surface area (Å²) >= 11 is 0. The zero-order valence-corrected chi connectivity index (χ0v) is 16.0. The van der Waals surface area contributed by atoms with Gasteiger partial charge in [-0.1, -0.05) is 67.8 Å². The molecule has 0 heterocycles. The molecule has 1 fully saturated rings. The van der Waals surface area contributed by atoms with E-state index in [-0.39, 0.29) is 5.92 Å². The summed E-state index contributed by atoms with van der Waals surface area (Å²) in [5, 5.41) is 11.5. The van der Waals surface area contributed by atoms with Crippen molar-refractivity contribution in [1.82, 2.24) is 4.90 Å². The van der Waals surface area contributed by atoms with Gasteiger partial charge in [0.1, 0.15) is 12.4 Å². The van der Waals surface area contributed by atoms with Crippen LogP contribution >= 0.6 is 0 Å². The molecule has 3 rings (SSSR count). The average Bonchev–Trinajstić information content (AvgIpc) is 2.66. The lowest BCUT2D eigenvalue weighted by Crippen LogP contribution is -2.43. The molecular formula is C23H31NO2. The standard InChI is InChI=1S/C23H31NO2/c1-24(2)17-21(23(25)15-9-4-10-16-23)20-13-7-8-14-22(20)26-18-19-11-5-3-6-12-19/h3,5-8,11-14,21,25H,4,9-10,15-18H2,1-2H3. The molecule has 140 valence electrons. The highest BCUT2D eigenvalue weighted by Crippen LogP contribution is 2.43. The SMILES string of the molecule is CN(C)CC(c1ccccc1OCc1ccccc1)C1(O)CCCCC1. The van der Waals surface area contributed by atoms with E-state index in [0.29, 0.717) is 6.61 Å². The number of aliphatic hydroxyl groups is 1. The number of rotatable bonds is 7. The molecule has 1 unspecified atom stereocenters. The number of para-hydroxylation sites is 1. The van der Waals surface area contributed by atoms with Crippen LogP contribution in [0, 0.1) is 0 Å². The quantitative estimate of drug-likeness (QED) is 0.789. The minimum atomic E-state index is -0.644. The maximum Gasteiger partial charge on any atom is 0.123 e. The Morgan fingerprint density at radius 2 is 1.62 bits per heavy atom. The molecular weight excluding hydrogens is 322 g/mol. The van der Waals surface area contributed by atoms with Crippen LogP contribution in [0.2, 0.25) is 0 Å². The first-order valence-electron chi connectivity index (χ1n) is 9.71. The number of hydrogen-bond donors (Lipinski definition) is 1. The van der Waals surface area contributed by atoms with Crippen molar-refractivity contribution < 1.29 is 9.84 Å². The van der Waals surface area contributed by atoms with Gasteiger partial charge in [-0.25, -0.2) is 0 Å². The van der Waals surface area contributed by atoms with Gasteiger partial charge in [0, 0.05) is 18.0 Å². The smallest absolute Gasteiger partial charge is 0.123 e. The van der Waals surface area contributed by atoms with Crippen LogP contribution in [0.25, 0.3) is 0 Å². The van der Waals surface area contributed by atoms with Gasteiger partial charge in [-0.05, 0) is 38.6 Å². The van der Waals surface area contributed by atoms with Crippen LogP contribution in [0.15, 0.2) is 54.6 Å². The maximum atomic E-state index is 11.5. The first-order valence-corrected chi connectivity index (χ1v) is 9.71. The van der Waals surface area contributed by atoms with E-state index in [0.717, 1.165) is 49.1 Å². The lowest BCUT2D eigenvalue weighted by Gasteiger charge is -2.41. The third-order valence-corrected chi connectivity index (χ3v) is 5.45. The fourth-order valence-corrected chi connectivity index (χ4v) is 4.07. The molecule has 0 bridgehead atoms. The van der Waals surface area contributed by atoms with Crippen molar-refractivity contribution in [3.63, 3.8) is 0 Å². The lowest BCUT2D eigenvalue weighted by atomic mass is 9.72. The molecule has 2 aromatic rings. The van der Waals surface area contributed by atoms with E-state index in [1.54, 1.807) is 0 Å². The van der Waals surface area contributed by atoms with Gasteiger partial charge in [-0.15, -0.1) is 0 Å². The van der Waals surface area contributed by atoms with Crippen LogP contribution in [0.5, 0.6) is 5.75 Å². The first-order chi connectivity index (χ1) is 12.6. The predicted octanol–water partition coefficient (Wildman–Crippen LogP) is 4.61. The Bertz CT molecular complexity index is 678. The van der Waals surface area contributed by atoms with Gasteiger partial charge < -0.3 is 14.7 Å². The fourth-order valence-electron chi connectivity index (χ4n) is 4.07. The van der Waals surface area contributed by atoms with E-state index < -0.39 is 5.60 Å². The van der Waals surface area contributed by atoms with Crippen LogP contribution < -0.4 is 4.74 Å². The highest BCUT2D eigenvalue weighted by Gasteiger charge is 2.40. The summed E-state index contributed by atoms with van der Waals surface area (Å²) < 4.78 is 6.19. The highest BCUT2D eigenvalue weighted by molar-refractivity contribution is 5.39. The van der Waals surface area contributed by atoms with Gasteiger partial charge in [0.15, 0.2) is 0 Å². The second kappa shape index (κ2) is 8.70. The summed E-state index contributed by atoms with van der Waals surface area (Å²) in [6.45, 7) is 1.37. The van der Waals surface area contributed by atoms with Crippen LogP contribution in [-0.2, 0) is 6.61 Å². The maximum absolute atomic E-state index is 11.5. The molecule has 0 saturated heterocycles. The highest BCUT2D eigenvalue weighted by atomic mass is 16.5. The van der Waals surface area contributed by atoms with Crippen LogP contribution in [0.3, 0.4) is 0 Å². The third kappa shape index (κ3) is 4.66. The van der Waals surface area contributed by atoms with Gasteiger partial charge in [0.25, 0.3) is 0 Å². The van der Waals surface area contributed by atoms with Gasteiger partial charge in [0.2, 0.25) is 0 Å². The second-order valence-electron chi connectivity index (χ2n) is 7.79. The number of hydrogen-bond acceptors (Lipinski definition) is 3. The Labute approximate surface area is 157 Å². The Morgan fingerprint density at radius 1 is 0.962 bits per heavy atom. The predicted molar refractivity (Wildman–Crippen MR) is 107 cm³/mol. The minimum absolute atomic E-state index is 0.0600. The summed E-state index contributed by atoms with van der Waals surface area (Å²) in [6, 6.07) is 18.5. The molecule has 1 atom stereocenters. The van der Waals surface area contributed by atoms with Crippen molar-refractivity contribution in [2.45, 2.75) is 50.2 Å². The van der Waals surface area contributed by atoms with Crippen LogP contribution in [0.1, 0.15) is 49.1 Å². The largest absolute Gasteiger partial charge is 0.489 e. The summed E-state index contributed by atoms with van der Waals surface area (Å²) in [4.78, 5) is 2.17. The topological polar surface area (TPSA) is 32.7 Å². The number of benzene rings is 2. The van der Waals surface area contributed by atoms with E-state index in [4.69, 9.17) is 4.74 Å². The normalized spacial score (nSPS) is 17.8. The van der Waals surface area contributed by atoms with E-state index in [1.165, 1.54) is 6.42 Å². The molecule has 26 heavy (non-hydrogen) atoms. The molecule has 0 aromatic heterocycles. The molecule has 1 aliphatic carbocycles. The lowest BCUT2D eigenvalue weighted by molar-refractivity contribution is -0.0284. The molecule has 0 aliphatic heterocycles. The van der Waals surface area contributed by atoms with E-state index in [2.05, 4.69) is 43.3 Å². The molecule has 1 saturated carbocycles. The second-order valence-corrected chi connectivity index (χ2v) is 7.79. The van der Waals surface area contributed by atoms with Crippen LogP contribution in [0.4, 0.5) is 0 Å². The van der Waals surface area contributed by atoms with Crippen LogP contribution in [-0.4, -0.2) is 36.2 Å². The van der Waals surface area contributed by atoms with Gasteiger partial charge in [-0.2, -0.15) is 0 Å². The number of likely N-dealkylation sites (N-methyl/N-ethyl adjacent to an activating group) is 1. The summed E-state index contributed by atoms with van der Waals surface area (Å²) in [5.74, 6) is 0.951. The van der Waals surface area contributed by atoms with E-state index in [9.17, 15) is 5.11 Å². The van der Waals surface area contributed by atoms with Gasteiger partial charge in [0.05, 0.1) is 5.60 Å². The molecule has 1 aliphatic rings. The van der Waals surface area contributed by atoms with E-state index >= 15 is 0 Å². The van der Waals surface area contributed by atoms with Crippen molar-refractivity contribution in [2.24, 2.45) is 0 Å². The van der Waals surface area contributed by atoms with Gasteiger partial charge in [-0.3, -0.25) is 0 Å². The molecule has 0 amide bonds. The van der Waals surface area contributed by atoms with Crippen molar-refractivity contribution in [2.75, 3.05) is 20.6 Å². The Balaban J connectivity index is 1.86. The van der Waals surface area contributed by atoms with Crippen molar-refractivity contribution in [1.29, 1.82) is 0 Å². The summed E-state index contributed by atoms with van der Waals surface area (Å²) in [5.41, 5.74) is 1.64. The minimum Gasteiger partial charge on any atom is -0.489 e. The fraction of sp³-hybridized carbons (Fsp3) is 0.478. The van der Waals surface area contributed by atoms with Gasteiger partial charge >= 0.3 is 0 Å². The molecule has 2 aromatic carbocycles. The summed E-state index contributed by atoms with van der Waals surface area (Å²) in [6.07, 6.45) is 5.18. The van der Waals surface area contributed by atoms with E-state index in [1.807, 2.05) is 30.3 Å². The first kappa shape index (κ1) is 18.9. The number of ether oxygens (including phenoxy) is 1. The average molecular weight is 354 g/mol. The Hall–Kier alpha value is -1.84. The molecule has 0 radical (unpaired) electrons. The zero-order valence-electron chi connectivity index (χ0n) is 16.0. The molecule has 3 heteroatoms. The molecule has 0 spiro atoms. The molecule has 1 N–H and O–H groups in total. The van der Waals surface area contributed by atoms with Crippen molar-refractivity contribution in [3.8, 4) is 5.75 Å². The Kier molecular flexibility index (Phi) is 6.33. The summed E-state index contributed by atoms with van der Waals surface area (Å²) in [7, 11) is 4.15. The third-order valence-electron chi connectivity index (χ3n) is 5.45. The monoisotopic (exact) mass is 353 g/mol. The van der Waals surface area contributed by atoms with Crippen molar-refractivity contribution >= 4 is 0 Å². The van der Waals surface area contributed by atoms with Crippen molar-refractivity contribution in [3.05, 3.63) is 65.7 Å². The molecule has 3 nitrogen and oxygen atoms in total. The zero-order chi connectivity index (χ0) is 18.4. The number of nitrogens with zero attached hydrogens (tertiary/aromatic N) is 1.